The van der Waals surface area contributed by atoms with Gasteiger partial charge in [-0.25, -0.2) is 0 Å². The van der Waals surface area contributed by atoms with Crippen LogP contribution < -0.4 is 5.73 Å². The molecular formula is C13H26N2O. The largest absolute Gasteiger partial charge is 0.336 e. The summed E-state index contributed by atoms with van der Waals surface area (Å²) in [5.74, 6) is 0.434. The summed E-state index contributed by atoms with van der Waals surface area (Å²) in [6.07, 6.45) is 4.27. The number of hydrogen-bond acceptors (Lipinski definition) is 2. The molecule has 1 aliphatic rings. The lowest BCUT2D eigenvalue weighted by Crippen LogP contribution is -2.51. The van der Waals surface area contributed by atoms with Gasteiger partial charge in [0.1, 0.15) is 0 Å². The van der Waals surface area contributed by atoms with Crippen LogP contribution in [0.3, 0.4) is 0 Å². The quantitative estimate of drug-likeness (QED) is 0.798. The van der Waals surface area contributed by atoms with Gasteiger partial charge in [0.25, 0.3) is 0 Å². The predicted octanol–water partition coefficient (Wildman–Crippen LogP) is 2.15. The average Bonchev–Trinajstić information content (AvgIpc) is 2.67. The molecule has 0 aromatic heterocycles. The van der Waals surface area contributed by atoms with Crippen molar-refractivity contribution in [2.45, 2.75) is 71.5 Å². The Morgan fingerprint density at radius 2 is 2.06 bits per heavy atom. The maximum Gasteiger partial charge on any atom is 0.240 e. The van der Waals surface area contributed by atoms with Crippen molar-refractivity contribution in [3.05, 3.63) is 0 Å². The van der Waals surface area contributed by atoms with Crippen LogP contribution in [0.2, 0.25) is 0 Å². The van der Waals surface area contributed by atoms with Crippen molar-refractivity contribution in [3.63, 3.8) is 0 Å². The van der Waals surface area contributed by atoms with E-state index in [1.165, 1.54) is 0 Å². The highest BCUT2D eigenvalue weighted by Gasteiger charge is 2.36. The molecule has 4 unspecified atom stereocenters. The summed E-state index contributed by atoms with van der Waals surface area (Å²) in [7, 11) is 0. The summed E-state index contributed by atoms with van der Waals surface area (Å²) in [6.45, 7) is 8.43. The van der Waals surface area contributed by atoms with E-state index in [0.717, 1.165) is 25.7 Å². The van der Waals surface area contributed by atoms with Crippen molar-refractivity contribution in [3.8, 4) is 0 Å². The summed E-state index contributed by atoms with van der Waals surface area (Å²) in [6, 6.07) is 0.463. The predicted molar refractivity (Wildman–Crippen MR) is 67.1 cm³/mol. The first-order chi connectivity index (χ1) is 7.52. The maximum absolute atomic E-state index is 12.3. The Kier molecular flexibility index (Phi) is 4.78. The van der Waals surface area contributed by atoms with E-state index < -0.39 is 0 Å². The molecule has 0 aliphatic carbocycles. The van der Waals surface area contributed by atoms with Crippen LogP contribution in [-0.4, -0.2) is 28.9 Å². The van der Waals surface area contributed by atoms with Gasteiger partial charge in [0.15, 0.2) is 0 Å². The fourth-order valence-electron chi connectivity index (χ4n) is 2.54. The monoisotopic (exact) mass is 226 g/mol. The first-order valence-corrected chi connectivity index (χ1v) is 6.60. The van der Waals surface area contributed by atoms with Crippen molar-refractivity contribution in [2.24, 2.45) is 11.7 Å². The molecule has 1 fully saturated rings. The Balaban J connectivity index is 2.71. The molecule has 1 amide bonds. The van der Waals surface area contributed by atoms with E-state index in [1.54, 1.807) is 0 Å². The van der Waals surface area contributed by atoms with Gasteiger partial charge in [-0.3, -0.25) is 4.79 Å². The number of carbonyl (C=O) groups is 1. The average molecular weight is 226 g/mol. The minimum atomic E-state index is -0.320. The Bertz CT molecular complexity index is 242. The molecule has 0 saturated carbocycles. The molecule has 0 radical (unpaired) electrons. The fourth-order valence-corrected chi connectivity index (χ4v) is 2.54. The van der Waals surface area contributed by atoms with Crippen LogP contribution in [0.5, 0.6) is 0 Å². The topological polar surface area (TPSA) is 46.3 Å². The highest BCUT2D eigenvalue weighted by molar-refractivity contribution is 5.82. The third-order valence-electron chi connectivity index (χ3n) is 4.05. The zero-order chi connectivity index (χ0) is 12.3. The highest BCUT2D eigenvalue weighted by Crippen LogP contribution is 2.27. The maximum atomic E-state index is 12.3. The van der Waals surface area contributed by atoms with Crippen LogP contribution in [0.25, 0.3) is 0 Å². The first kappa shape index (κ1) is 13.5. The number of hydrogen-bond donors (Lipinski definition) is 1. The van der Waals surface area contributed by atoms with Gasteiger partial charge in [-0.05, 0) is 32.1 Å². The van der Waals surface area contributed by atoms with Gasteiger partial charge >= 0.3 is 0 Å². The van der Waals surface area contributed by atoms with E-state index in [-0.39, 0.29) is 17.9 Å². The molecule has 3 heteroatoms. The molecule has 0 bridgehead atoms. The zero-order valence-electron chi connectivity index (χ0n) is 11.1. The van der Waals surface area contributed by atoms with Gasteiger partial charge in [-0.1, -0.05) is 27.2 Å². The minimum absolute atomic E-state index is 0.159. The molecule has 3 nitrogen and oxygen atoms in total. The van der Waals surface area contributed by atoms with Crippen molar-refractivity contribution in [1.29, 1.82) is 0 Å². The fraction of sp³-hybridized carbons (Fsp3) is 0.923. The van der Waals surface area contributed by atoms with E-state index in [2.05, 4.69) is 27.7 Å². The van der Waals surface area contributed by atoms with Crippen molar-refractivity contribution >= 4 is 5.91 Å². The lowest BCUT2D eigenvalue weighted by molar-refractivity contribution is -0.136. The number of likely N-dealkylation sites (tertiary alicyclic amines) is 1. The number of amides is 1. The SMILES string of the molecule is CCC(C)C(N)C(=O)N1C(C)CCC1CC. The van der Waals surface area contributed by atoms with Crippen LogP contribution in [0.4, 0.5) is 0 Å². The van der Waals surface area contributed by atoms with Gasteiger partial charge in [0.05, 0.1) is 6.04 Å². The van der Waals surface area contributed by atoms with Gasteiger partial charge in [0, 0.05) is 12.1 Å². The highest BCUT2D eigenvalue weighted by atomic mass is 16.2. The minimum Gasteiger partial charge on any atom is -0.336 e. The molecule has 1 heterocycles. The number of nitrogens with two attached hydrogens (primary N) is 1. The second-order valence-electron chi connectivity index (χ2n) is 5.15. The normalized spacial score (nSPS) is 29.2. The molecule has 0 aromatic rings. The van der Waals surface area contributed by atoms with E-state index in [1.807, 2.05) is 4.90 Å². The Morgan fingerprint density at radius 3 is 2.56 bits per heavy atom. The van der Waals surface area contributed by atoms with E-state index in [9.17, 15) is 4.79 Å². The van der Waals surface area contributed by atoms with Crippen molar-refractivity contribution < 1.29 is 4.79 Å². The van der Waals surface area contributed by atoms with Crippen LogP contribution in [0.15, 0.2) is 0 Å². The molecular weight excluding hydrogens is 200 g/mol. The van der Waals surface area contributed by atoms with Crippen molar-refractivity contribution in [1.82, 2.24) is 4.90 Å². The van der Waals surface area contributed by atoms with Gasteiger partial charge in [-0.15, -0.1) is 0 Å². The van der Waals surface area contributed by atoms with Crippen LogP contribution in [0, 0.1) is 5.92 Å². The van der Waals surface area contributed by atoms with Crippen LogP contribution in [-0.2, 0) is 4.79 Å². The Labute approximate surface area is 99.4 Å². The molecule has 1 rings (SSSR count). The lowest BCUT2D eigenvalue weighted by atomic mass is 9.98. The van der Waals surface area contributed by atoms with E-state index in [4.69, 9.17) is 5.73 Å². The second kappa shape index (κ2) is 5.67. The molecule has 0 spiro atoms. The van der Waals surface area contributed by atoms with Crippen LogP contribution >= 0.6 is 0 Å². The van der Waals surface area contributed by atoms with E-state index >= 15 is 0 Å². The van der Waals surface area contributed by atoms with Gasteiger partial charge in [0.2, 0.25) is 5.91 Å². The molecule has 1 saturated heterocycles. The Morgan fingerprint density at radius 1 is 1.44 bits per heavy atom. The summed E-state index contributed by atoms with van der Waals surface area (Å²) < 4.78 is 0. The smallest absolute Gasteiger partial charge is 0.240 e. The summed E-state index contributed by atoms with van der Waals surface area (Å²) >= 11 is 0. The molecule has 1 aliphatic heterocycles. The first-order valence-electron chi connectivity index (χ1n) is 6.60. The van der Waals surface area contributed by atoms with Gasteiger partial charge < -0.3 is 10.6 Å². The summed E-state index contributed by atoms with van der Waals surface area (Å²) in [4.78, 5) is 14.4. The molecule has 2 N–H and O–H groups in total. The summed E-state index contributed by atoms with van der Waals surface area (Å²) in [5, 5.41) is 0. The van der Waals surface area contributed by atoms with Crippen molar-refractivity contribution in [2.75, 3.05) is 0 Å². The zero-order valence-corrected chi connectivity index (χ0v) is 11.1. The third-order valence-corrected chi connectivity index (χ3v) is 4.05. The molecule has 0 aromatic carbocycles. The van der Waals surface area contributed by atoms with Gasteiger partial charge in [-0.2, -0.15) is 0 Å². The van der Waals surface area contributed by atoms with Crippen LogP contribution in [0.1, 0.15) is 53.4 Å². The number of carbonyl (C=O) groups excluding carboxylic acids is 1. The molecule has 4 atom stereocenters. The number of rotatable bonds is 4. The Hall–Kier alpha value is -0.570. The van der Waals surface area contributed by atoms with E-state index in [0.29, 0.717) is 12.1 Å². The number of nitrogens with zero attached hydrogens (tertiary/aromatic N) is 1. The standard InChI is InChI=1S/C13H26N2O/c1-5-9(3)12(14)13(16)15-10(4)7-8-11(15)6-2/h9-12H,5-8,14H2,1-4H3. The molecule has 16 heavy (non-hydrogen) atoms. The lowest BCUT2D eigenvalue weighted by Gasteiger charge is -2.32. The molecule has 94 valence electrons. The third kappa shape index (κ3) is 2.57. The second-order valence-corrected chi connectivity index (χ2v) is 5.15. The summed E-state index contributed by atoms with van der Waals surface area (Å²) in [5.41, 5.74) is 6.04.